The normalized spacial score (nSPS) is 21.6. The summed E-state index contributed by atoms with van der Waals surface area (Å²) >= 11 is 0. The maximum absolute atomic E-state index is 13.4. The second-order valence-electron chi connectivity index (χ2n) is 8.78. The fourth-order valence-electron chi connectivity index (χ4n) is 4.59. The minimum atomic E-state index is -4.48. The summed E-state index contributed by atoms with van der Waals surface area (Å²) in [5, 5.41) is 3.03. The van der Waals surface area contributed by atoms with Gasteiger partial charge in [-0.1, -0.05) is 51.4 Å². The molecule has 0 bridgehead atoms. The highest BCUT2D eigenvalue weighted by Crippen LogP contribution is 2.37. The Bertz CT molecular complexity index is 671. The van der Waals surface area contributed by atoms with Gasteiger partial charge >= 0.3 is 6.18 Å². The highest BCUT2D eigenvalue weighted by molar-refractivity contribution is 5.93. The van der Waals surface area contributed by atoms with Gasteiger partial charge in [0.05, 0.1) is 5.56 Å². The Labute approximate surface area is 165 Å². The predicted molar refractivity (Wildman–Crippen MR) is 103 cm³/mol. The monoisotopic (exact) mass is 396 g/mol. The Morgan fingerprint density at radius 3 is 2.14 bits per heavy atom. The smallest absolute Gasteiger partial charge is 0.346 e. The molecule has 1 aromatic rings. The number of halogens is 3. The van der Waals surface area contributed by atoms with Crippen LogP contribution < -0.4 is 5.32 Å². The average Bonchev–Trinajstić information content (AvgIpc) is 3.19. The van der Waals surface area contributed by atoms with Crippen molar-refractivity contribution in [2.75, 3.05) is 0 Å². The quantitative estimate of drug-likeness (QED) is 0.644. The highest BCUT2D eigenvalue weighted by Gasteiger charge is 2.34. The van der Waals surface area contributed by atoms with Crippen molar-refractivity contribution in [1.82, 2.24) is 10.3 Å². The average molecular weight is 396 g/mol. The standard InChI is InChI=1S/C22H31F3N2O/c1-21(12-8-4-2-3-5-9-13-21)27-20(28)19-15-17(22(23,24)25)14-18(26-19)16-10-6-7-11-16/h14-16H,2-13H2,1H3,(H,27,28). The molecule has 28 heavy (non-hydrogen) atoms. The van der Waals surface area contributed by atoms with Gasteiger partial charge in [-0.05, 0) is 44.7 Å². The zero-order valence-corrected chi connectivity index (χ0v) is 16.7. The summed E-state index contributed by atoms with van der Waals surface area (Å²) in [6.45, 7) is 2.02. The number of carbonyl (C=O) groups excluding carboxylic acids is 1. The largest absolute Gasteiger partial charge is 0.416 e. The summed E-state index contributed by atoms with van der Waals surface area (Å²) in [6.07, 6.45) is 7.67. The Kier molecular flexibility index (Phi) is 6.66. The summed E-state index contributed by atoms with van der Waals surface area (Å²) in [6, 6.07) is 2.04. The van der Waals surface area contributed by atoms with Crippen molar-refractivity contribution in [2.24, 2.45) is 0 Å². The number of alkyl halides is 3. The molecule has 0 aromatic carbocycles. The number of hydrogen-bond donors (Lipinski definition) is 1. The van der Waals surface area contributed by atoms with Gasteiger partial charge in [0, 0.05) is 17.2 Å². The number of nitrogens with one attached hydrogen (secondary N) is 1. The third-order valence-electron chi connectivity index (χ3n) is 6.30. The van der Waals surface area contributed by atoms with Gasteiger partial charge in [0.15, 0.2) is 0 Å². The fraction of sp³-hybridized carbons (Fsp3) is 0.727. The number of aromatic nitrogens is 1. The lowest BCUT2D eigenvalue weighted by atomic mass is 9.89. The first-order chi connectivity index (χ1) is 13.3. The molecule has 2 aliphatic rings. The molecule has 2 aliphatic carbocycles. The summed E-state index contributed by atoms with van der Waals surface area (Å²) in [4.78, 5) is 17.3. The summed E-state index contributed by atoms with van der Waals surface area (Å²) < 4.78 is 40.3. The molecule has 2 saturated carbocycles. The van der Waals surface area contributed by atoms with Gasteiger partial charge in [0.1, 0.15) is 5.69 Å². The van der Waals surface area contributed by atoms with E-state index in [4.69, 9.17) is 0 Å². The van der Waals surface area contributed by atoms with Crippen LogP contribution in [0.2, 0.25) is 0 Å². The molecule has 1 N–H and O–H groups in total. The minimum Gasteiger partial charge on any atom is -0.346 e. The molecule has 0 aliphatic heterocycles. The van der Waals surface area contributed by atoms with Gasteiger partial charge in [-0.15, -0.1) is 0 Å². The van der Waals surface area contributed by atoms with Crippen LogP contribution in [0.5, 0.6) is 0 Å². The number of pyridine rings is 1. The molecule has 156 valence electrons. The summed E-state index contributed by atoms with van der Waals surface area (Å²) in [7, 11) is 0. The van der Waals surface area contributed by atoms with Crippen LogP contribution in [-0.4, -0.2) is 16.4 Å². The minimum absolute atomic E-state index is 0.0225. The second kappa shape index (κ2) is 8.83. The van der Waals surface area contributed by atoms with Crippen molar-refractivity contribution in [2.45, 2.75) is 102 Å². The van der Waals surface area contributed by atoms with E-state index in [1.807, 2.05) is 6.92 Å². The third-order valence-corrected chi connectivity index (χ3v) is 6.30. The van der Waals surface area contributed by atoms with Crippen LogP contribution in [0.1, 0.15) is 112 Å². The first kappa shape index (κ1) is 21.1. The zero-order chi connectivity index (χ0) is 20.2. The maximum atomic E-state index is 13.4. The van der Waals surface area contributed by atoms with Crippen LogP contribution in [0.25, 0.3) is 0 Å². The van der Waals surface area contributed by atoms with Gasteiger partial charge in [-0.3, -0.25) is 4.79 Å². The molecule has 1 heterocycles. The number of nitrogens with zero attached hydrogens (tertiary/aromatic N) is 1. The number of hydrogen-bond acceptors (Lipinski definition) is 2. The number of amides is 1. The highest BCUT2D eigenvalue weighted by atomic mass is 19.4. The lowest BCUT2D eigenvalue weighted by molar-refractivity contribution is -0.137. The van der Waals surface area contributed by atoms with Crippen molar-refractivity contribution in [1.29, 1.82) is 0 Å². The number of rotatable bonds is 3. The molecule has 1 aromatic heterocycles. The van der Waals surface area contributed by atoms with Crippen LogP contribution in [0.4, 0.5) is 13.2 Å². The van der Waals surface area contributed by atoms with Crippen LogP contribution in [0.15, 0.2) is 12.1 Å². The van der Waals surface area contributed by atoms with E-state index in [9.17, 15) is 18.0 Å². The van der Waals surface area contributed by atoms with Crippen molar-refractivity contribution in [3.8, 4) is 0 Å². The lowest BCUT2D eigenvalue weighted by Gasteiger charge is -2.31. The molecule has 2 fully saturated rings. The molecule has 0 unspecified atom stereocenters. The SMILES string of the molecule is CC1(NC(=O)c2cc(C(F)(F)F)cc(C3CCCC3)n2)CCCCCCCC1. The third kappa shape index (κ3) is 5.48. The molecule has 0 radical (unpaired) electrons. The van der Waals surface area contributed by atoms with E-state index >= 15 is 0 Å². The maximum Gasteiger partial charge on any atom is 0.416 e. The molecular formula is C22H31F3N2O. The van der Waals surface area contributed by atoms with E-state index in [-0.39, 0.29) is 17.2 Å². The molecule has 0 atom stereocenters. The molecule has 3 nitrogen and oxygen atoms in total. The van der Waals surface area contributed by atoms with Gasteiger partial charge in [0.2, 0.25) is 0 Å². The van der Waals surface area contributed by atoms with Crippen molar-refractivity contribution in [3.63, 3.8) is 0 Å². The van der Waals surface area contributed by atoms with E-state index in [0.717, 1.165) is 76.3 Å². The Morgan fingerprint density at radius 1 is 1.00 bits per heavy atom. The molecule has 6 heteroatoms. The van der Waals surface area contributed by atoms with Gasteiger partial charge in [0.25, 0.3) is 5.91 Å². The molecule has 0 saturated heterocycles. The zero-order valence-electron chi connectivity index (χ0n) is 16.7. The Balaban J connectivity index is 1.83. The van der Waals surface area contributed by atoms with Crippen molar-refractivity contribution < 1.29 is 18.0 Å². The first-order valence-corrected chi connectivity index (χ1v) is 10.7. The topological polar surface area (TPSA) is 42.0 Å². The molecule has 3 rings (SSSR count). The van der Waals surface area contributed by atoms with E-state index in [2.05, 4.69) is 10.3 Å². The van der Waals surface area contributed by atoms with Crippen LogP contribution in [0, 0.1) is 0 Å². The van der Waals surface area contributed by atoms with Crippen LogP contribution in [-0.2, 0) is 6.18 Å². The van der Waals surface area contributed by atoms with Gasteiger partial charge < -0.3 is 5.32 Å². The van der Waals surface area contributed by atoms with Crippen LogP contribution in [0.3, 0.4) is 0 Å². The van der Waals surface area contributed by atoms with Gasteiger partial charge in [-0.2, -0.15) is 13.2 Å². The second-order valence-corrected chi connectivity index (χ2v) is 8.78. The van der Waals surface area contributed by atoms with E-state index in [1.165, 1.54) is 12.8 Å². The Morgan fingerprint density at radius 2 is 1.57 bits per heavy atom. The molecule has 1 amide bonds. The Hall–Kier alpha value is -1.59. The molecular weight excluding hydrogens is 365 g/mol. The van der Waals surface area contributed by atoms with E-state index < -0.39 is 17.6 Å². The first-order valence-electron chi connectivity index (χ1n) is 10.7. The van der Waals surface area contributed by atoms with E-state index in [1.54, 1.807) is 0 Å². The predicted octanol–water partition coefficient (Wildman–Crippen LogP) is 6.38. The summed E-state index contributed by atoms with van der Waals surface area (Å²) in [5.41, 5.74) is -0.839. The van der Waals surface area contributed by atoms with Crippen LogP contribution >= 0.6 is 0 Å². The molecule has 0 spiro atoms. The summed E-state index contributed by atoms with van der Waals surface area (Å²) in [5.74, 6) is -0.457. The van der Waals surface area contributed by atoms with E-state index in [0.29, 0.717) is 5.69 Å². The number of carbonyl (C=O) groups is 1. The van der Waals surface area contributed by atoms with Crippen molar-refractivity contribution in [3.05, 3.63) is 29.1 Å². The van der Waals surface area contributed by atoms with Gasteiger partial charge in [-0.25, -0.2) is 4.98 Å². The fourth-order valence-corrected chi connectivity index (χ4v) is 4.59. The lowest BCUT2D eigenvalue weighted by Crippen LogP contribution is -2.46. The van der Waals surface area contributed by atoms with Crippen molar-refractivity contribution >= 4 is 5.91 Å².